The van der Waals surface area contributed by atoms with Crippen LogP contribution in [0.3, 0.4) is 0 Å². The SMILES string of the molecule is Cc1cc(Oc2cccc(C)c2N)ncn1. The van der Waals surface area contributed by atoms with Gasteiger partial charge in [-0.1, -0.05) is 12.1 Å². The van der Waals surface area contributed by atoms with Crippen molar-refractivity contribution < 1.29 is 4.74 Å². The number of para-hydroxylation sites is 1. The van der Waals surface area contributed by atoms with Crippen molar-refractivity contribution in [3.8, 4) is 11.6 Å². The van der Waals surface area contributed by atoms with Crippen LogP contribution in [-0.2, 0) is 0 Å². The first-order valence-electron chi connectivity index (χ1n) is 4.98. The maximum atomic E-state index is 5.90. The highest BCUT2D eigenvalue weighted by Gasteiger charge is 2.04. The summed E-state index contributed by atoms with van der Waals surface area (Å²) in [5.74, 6) is 1.13. The highest BCUT2D eigenvalue weighted by molar-refractivity contribution is 5.58. The summed E-state index contributed by atoms with van der Waals surface area (Å²) in [5, 5.41) is 0. The van der Waals surface area contributed by atoms with E-state index >= 15 is 0 Å². The van der Waals surface area contributed by atoms with Crippen LogP contribution in [0.5, 0.6) is 11.6 Å². The van der Waals surface area contributed by atoms with E-state index in [0.29, 0.717) is 17.3 Å². The number of ether oxygens (including phenoxy) is 1. The quantitative estimate of drug-likeness (QED) is 0.782. The minimum absolute atomic E-state index is 0.504. The number of nitrogen functional groups attached to an aromatic ring is 1. The van der Waals surface area contributed by atoms with Gasteiger partial charge in [0, 0.05) is 11.8 Å². The standard InChI is InChI=1S/C12H13N3O/c1-8-4-3-5-10(12(8)13)16-11-6-9(2)14-7-15-11/h3-7H,13H2,1-2H3. The zero-order valence-electron chi connectivity index (χ0n) is 9.27. The second-order valence-corrected chi connectivity index (χ2v) is 3.59. The molecule has 0 spiro atoms. The molecule has 1 heterocycles. The van der Waals surface area contributed by atoms with Crippen LogP contribution in [0.15, 0.2) is 30.6 Å². The van der Waals surface area contributed by atoms with E-state index in [1.165, 1.54) is 6.33 Å². The molecule has 0 saturated heterocycles. The van der Waals surface area contributed by atoms with Gasteiger partial charge in [-0.3, -0.25) is 0 Å². The van der Waals surface area contributed by atoms with Crippen LogP contribution in [0, 0.1) is 13.8 Å². The van der Waals surface area contributed by atoms with Gasteiger partial charge < -0.3 is 10.5 Å². The first-order chi connectivity index (χ1) is 7.66. The van der Waals surface area contributed by atoms with Gasteiger partial charge in [-0.2, -0.15) is 0 Å². The van der Waals surface area contributed by atoms with Gasteiger partial charge in [-0.25, -0.2) is 9.97 Å². The molecule has 0 aliphatic carbocycles. The van der Waals surface area contributed by atoms with E-state index in [-0.39, 0.29) is 0 Å². The summed E-state index contributed by atoms with van der Waals surface area (Å²) in [6.45, 7) is 3.82. The summed E-state index contributed by atoms with van der Waals surface area (Å²) in [7, 11) is 0. The molecule has 1 aromatic heterocycles. The van der Waals surface area contributed by atoms with Crippen LogP contribution in [-0.4, -0.2) is 9.97 Å². The average molecular weight is 215 g/mol. The zero-order valence-corrected chi connectivity index (χ0v) is 9.27. The first-order valence-corrected chi connectivity index (χ1v) is 4.98. The molecule has 2 aromatic rings. The largest absolute Gasteiger partial charge is 0.437 e. The van der Waals surface area contributed by atoms with Crippen molar-refractivity contribution in [3.05, 3.63) is 41.9 Å². The van der Waals surface area contributed by atoms with Crippen LogP contribution >= 0.6 is 0 Å². The van der Waals surface area contributed by atoms with E-state index < -0.39 is 0 Å². The molecule has 4 nitrogen and oxygen atoms in total. The molecule has 0 aliphatic rings. The van der Waals surface area contributed by atoms with Crippen molar-refractivity contribution in [2.45, 2.75) is 13.8 Å². The predicted molar refractivity (Wildman–Crippen MR) is 62.4 cm³/mol. The summed E-state index contributed by atoms with van der Waals surface area (Å²) >= 11 is 0. The Bertz CT molecular complexity index is 511. The van der Waals surface area contributed by atoms with Crippen molar-refractivity contribution in [3.63, 3.8) is 0 Å². The summed E-state index contributed by atoms with van der Waals surface area (Å²) in [4.78, 5) is 8.02. The fraction of sp³-hybridized carbons (Fsp3) is 0.167. The average Bonchev–Trinajstić information content (AvgIpc) is 2.25. The van der Waals surface area contributed by atoms with Gasteiger partial charge in [0.25, 0.3) is 0 Å². The predicted octanol–water partition coefficient (Wildman–Crippen LogP) is 2.47. The maximum absolute atomic E-state index is 5.90. The third-order valence-corrected chi connectivity index (χ3v) is 2.28. The normalized spacial score (nSPS) is 10.1. The fourth-order valence-corrected chi connectivity index (χ4v) is 1.34. The first kappa shape index (κ1) is 10.4. The lowest BCUT2D eigenvalue weighted by molar-refractivity contribution is 0.462. The van der Waals surface area contributed by atoms with Gasteiger partial charge in [0.1, 0.15) is 6.33 Å². The lowest BCUT2D eigenvalue weighted by atomic mass is 10.2. The van der Waals surface area contributed by atoms with E-state index in [9.17, 15) is 0 Å². The molecule has 2 rings (SSSR count). The molecule has 0 radical (unpaired) electrons. The maximum Gasteiger partial charge on any atom is 0.222 e. The Morgan fingerprint density at radius 3 is 2.75 bits per heavy atom. The number of aromatic nitrogens is 2. The van der Waals surface area contributed by atoms with Crippen molar-refractivity contribution in [1.82, 2.24) is 9.97 Å². The van der Waals surface area contributed by atoms with Gasteiger partial charge in [-0.15, -0.1) is 0 Å². The Morgan fingerprint density at radius 2 is 2.00 bits per heavy atom. The monoisotopic (exact) mass is 215 g/mol. The van der Waals surface area contributed by atoms with Gasteiger partial charge in [0.15, 0.2) is 5.75 Å². The lowest BCUT2D eigenvalue weighted by Gasteiger charge is -2.09. The molecule has 0 amide bonds. The van der Waals surface area contributed by atoms with Gasteiger partial charge in [0.05, 0.1) is 5.69 Å². The summed E-state index contributed by atoms with van der Waals surface area (Å²) in [6.07, 6.45) is 1.47. The number of anilines is 1. The third kappa shape index (κ3) is 2.11. The number of rotatable bonds is 2. The highest BCUT2D eigenvalue weighted by atomic mass is 16.5. The highest BCUT2D eigenvalue weighted by Crippen LogP contribution is 2.28. The molecular weight excluding hydrogens is 202 g/mol. The molecule has 1 aromatic carbocycles. The second-order valence-electron chi connectivity index (χ2n) is 3.59. The third-order valence-electron chi connectivity index (χ3n) is 2.28. The molecule has 0 atom stereocenters. The molecular formula is C12H13N3O. The molecule has 4 heteroatoms. The van der Waals surface area contributed by atoms with Gasteiger partial charge >= 0.3 is 0 Å². The van der Waals surface area contributed by atoms with E-state index in [1.807, 2.05) is 32.0 Å². The van der Waals surface area contributed by atoms with Crippen molar-refractivity contribution in [1.29, 1.82) is 0 Å². The smallest absolute Gasteiger partial charge is 0.222 e. The Balaban J connectivity index is 2.31. The number of hydrogen-bond acceptors (Lipinski definition) is 4. The molecule has 0 aliphatic heterocycles. The number of aryl methyl sites for hydroxylation is 2. The summed E-state index contributed by atoms with van der Waals surface area (Å²) in [5.41, 5.74) is 8.38. The van der Waals surface area contributed by atoms with Crippen LogP contribution in [0.4, 0.5) is 5.69 Å². The fourth-order valence-electron chi connectivity index (χ4n) is 1.34. The number of nitrogens with two attached hydrogens (primary N) is 1. The van der Waals surface area contributed by atoms with Crippen LogP contribution < -0.4 is 10.5 Å². The van der Waals surface area contributed by atoms with Crippen molar-refractivity contribution in [2.75, 3.05) is 5.73 Å². The lowest BCUT2D eigenvalue weighted by Crippen LogP contribution is -1.96. The van der Waals surface area contributed by atoms with Gasteiger partial charge in [-0.05, 0) is 25.5 Å². The van der Waals surface area contributed by atoms with E-state index in [2.05, 4.69) is 9.97 Å². The summed E-state index contributed by atoms with van der Waals surface area (Å²) < 4.78 is 5.59. The van der Waals surface area contributed by atoms with Crippen molar-refractivity contribution >= 4 is 5.69 Å². The molecule has 2 N–H and O–H groups in total. The minimum Gasteiger partial charge on any atom is -0.437 e. The molecule has 0 bridgehead atoms. The Kier molecular flexibility index (Phi) is 2.72. The van der Waals surface area contributed by atoms with E-state index in [4.69, 9.17) is 10.5 Å². The van der Waals surface area contributed by atoms with Crippen LogP contribution in [0.1, 0.15) is 11.3 Å². The van der Waals surface area contributed by atoms with Crippen LogP contribution in [0.2, 0.25) is 0 Å². The van der Waals surface area contributed by atoms with Gasteiger partial charge in [0.2, 0.25) is 5.88 Å². The number of benzene rings is 1. The Hall–Kier alpha value is -2.10. The minimum atomic E-state index is 0.504. The Morgan fingerprint density at radius 1 is 1.19 bits per heavy atom. The molecule has 0 fully saturated rings. The van der Waals surface area contributed by atoms with E-state index in [0.717, 1.165) is 11.3 Å². The second kappa shape index (κ2) is 4.18. The number of nitrogens with zero attached hydrogens (tertiary/aromatic N) is 2. The summed E-state index contributed by atoms with van der Waals surface area (Å²) in [6, 6.07) is 7.42. The zero-order chi connectivity index (χ0) is 11.5. The van der Waals surface area contributed by atoms with Crippen LogP contribution in [0.25, 0.3) is 0 Å². The molecule has 0 saturated carbocycles. The number of hydrogen-bond donors (Lipinski definition) is 1. The molecule has 0 unspecified atom stereocenters. The van der Waals surface area contributed by atoms with Crippen molar-refractivity contribution in [2.24, 2.45) is 0 Å². The Labute approximate surface area is 94.1 Å². The molecule has 82 valence electrons. The molecule has 16 heavy (non-hydrogen) atoms. The topological polar surface area (TPSA) is 61.0 Å². The van der Waals surface area contributed by atoms with E-state index in [1.54, 1.807) is 6.07 Å².